The molecule has 1 heterocycles. The van der Waals surface area contributed by atoms with Crippen molar-refractivity contribution in [3.05, 3.63) is 77.4 Å². The van der Waals surface area contributed by atoms with Crippen molar-refractivity contribution in [1.82, 2.24) is 9.55 Å². The van der Waals surface area contributed by atoms with Crippen LogP contribution < -0.4 is 4.74 Å². The van der Waals surface area contributed by atoms with Crippen LogP contribution in [-0.2, 0) is 6.54 Å². The Morgan fingerprint density at radius 3 is 2.70 bits per heavy atom. The Bertz CT molecular complexity index is 861. The van der Waals surface area contributed by atoms with Crippen molar-refractivity contribution >= 4 is 0 Å². The zero-order valence-corrected chi connectivity index (χ0v) is 13.2. The molecule has 3 aromatic rings. The van der Waals surface area contributed by atoms with Crippen LogP contribution in [0, 0.1) is 25.2 Å². The average molecular weight is 303 g/mol. The molecule has 0 amide bonds. The summed E-state index contributed by atoms with van der Waals surface area (Å²) < 4.78 is 7.92. The van der Waals surface area contributed by atoms with E-state index in [0.29, 0.717) is 17.9 Å². The van der Waals surface area contributed by atoms with E-state index < -0.39 is 0 Å². The highest BCUT2D eigenvalue weighted by Gasteiger charge is 2.08. The zero-order chi connectivity index (χ0) is 16.2. The first-order valence-electron chi connectivity index (χ1n) is 7.39. The maximum absolute atomic E-state index is 9.30. The molecule has 0 bridgehead atoms. The van der Waals surface area contributed by atoms with E-state index in [9.17, 15) is 5.26 Å². The average Bonchev–Trinajstić information content (AvgIpc) is 3.04. The number of hydrogen-bond acceptors (Lipinski definition) is 3. The van der Waals surface area contributed by atoms with Crippen LogP contribution in [0.5, 0.6) is 11.5 Å². The predicted octanol–water partition coefficient (Wildman–Crippen LogP) is 4.21. The van der Waals surface area contributed by atoms with Gasteiger partial charge in [-0.25, -0.2) is 4.98 Å². The van der Waals surface area contributed by atoms with E-state index >= 15 is 0 Å². The maximum Gasteiger partial charge on any atom is 0.145 e. The number of benzene rings is 2. The molecule has 0 aliphatic carbocycles. The molecule has 3 rings (SSSR count). The van der Waals surface area contributed by atoms with Gasteiger partial charge in [0.25, 0.3) is 0 Å². The van der Waals surface area contributed by atoms with Crippen LogP contribution >= 0.6 is 0 Å². The molecule has 2 aromatic carbocycles. The van der Waals surface area contributed by atoms with E-state index in [1.807, 2.05) is 48.0 Å². The Hall–Kier alpha value is -3.06. The lowest BCUT2D eigenvalue weighted by molar-refractivity contribution is 0.479. The van der Waals surface area contributed by atoms with Crippen molar-refractivity contribution < 1.29 is 4.74 Å². The number of hydrogen-bond donors (Lipinski definition) is 0. The van der Waals surface area contributed by atoms with Crippen LogP contribution in [0.25, 0.3) is 0 Å². The first-order chi connectivity index (χ1) is 11.2. The highest BCUT2D eigenvalue weighted by atomic mass is 16.5. The Morgan fingerprint density at radius 1 is 1.13 bits per heavy atom. The molecule has 0 saturated heterocycles. The fourth-order valence-electron chi connectivity index (χ4n) is 2.34. The first kappa shape index (κ1) is 14.9. The number of rotatable bonds is 4. The number of nitriles is 1. The van der Waals surface area contributed by atoms with E-state index in [2.05, 4.69) is 18.0 Å². The maximum atomic E-state index is 9.30. The summed E-state index contributed by atoms with van der Waals surface area (Å²) in [6.07, 6.45) is 5.42. The molecule has 0 spiro atoms. The van der Waals surface area contributed by atoms with Crippen LogP contribution in [0.3, 0.4) is 0 Å². The highest BCUT2D eigenvalue weighted by Crippen LogP contribution is 2.28. The van der Waals surface area contributed by atoms with Gasteiger partial charge < -0.3 is 9.30 Å². The van der Waals surface area contributed by atoms with Crippen molar-refractivity contribution in [2.45, 2.75) is 20.4 Å². The fraction of sp³-hybridized carbons (Fsp3) is 0.158. The normalized spacial score (nSPS) is 10.3. The van der Waals surface area contributed by atoms with Crippen LogP contribution in [-0.4, -0.2) is 9.55 Å². The largest absolute Gasteiger partial charge is 0.456 e. The van der Waals surface area contributed by atoms with Crippen molar-refractivity contribution in [2.75, 3.05) is 0 Å². The predicted molar refractivity (Wildman–Crippen MR) is 88.5 cm³/mol. The topological polar surface area (TPSA) is 50.8 Å². The van der Waals surface area contributed by atoms with E-state index in [0.717, 1.165) is 16.9 Å². The summed E-state index contributed by atoms with van der Waals surface area (Å²) in [5.41, 5.74) is 3.96. The molecular formula is C19H17N3O. The van der Waals surface area contributed by atoms with Gasteiger partial charge in [-0.05, 0) is 54.8 Å². The van der Waals surface area contributed by atoms with Gasteiger partial charge in [0.1, 0.15) is 17.6 Å². The molecule has 0 saturated carbocycles. The summed E-state index contributed by atoms with van der Waals surface area (Å²) in [5, 5.41) is 9.30. The number of aromatic nitrogens is 2. The van der Waals surface area contributed by atoms with Gasteiger partial charge in [-0.1, -0.05) is 12.1 Å². The minimum atomic E-state index is 0.526. The van der Waals surface area contributed by atoms with Gasteiger partial charge in [0, 0.05) is 18.9 Å². The number of nitrogens with zero attached hydrogens (tertiary/aromatic N) is 3. The second-order valence-corrected chi connectivity index (χ2v) is 5.53. The van der Waals surface area contributed by atoms with Crippen molar-refractivity contribution in [2.24, 2.45) is 0 Å². The summed E-state index contributed by atoms with van der Waals surface area (Å²) in [7, 11) is 0. The first-order valence-corrected chi connectivity index (χ1v) is 7.39. The molecule has 0 aliphatic heterocycles. The van der Waals surface area contributed by atoms with E-state index in [-0.39, 0.29) is 0 Å². The molecule has 23 heavy (non-hydrogen) atoms. The minimum Gasteiger partial charge on any atom is -0.456 e. The van der Waals surface area contributed by atoms with Gasteiger partial charge in [0.05, 0.1) is 11.9 Å². The second-order valence-electron chi connectivity index (χ2n) is 5.53. The molecular weight excluding hydrogens is 286 g/mol. The standard InChI is InChI=1S/C19H17N3O/c1-14-3-6-18(9-15(14)2)23-19-10-16(4-5-17(19)11-20)12-22-8-7-21-13-22/h3-10,13H,12H2,1-2H3. The van der Waals surface area contributed by atoms with Gasteiger partial charge in [0.2, 0.25) is 0 Å². The summed E-state index contributed by atoms with van der Waals surface area (Å²) in [4.78, 5) is 4.04. The lowest BCUT2D eigenvalue weighted by Crippen LogP contribution is -1.98. The van der Waals surface area contributed by atoms with Crippen LogP contribution in [0.15, 0.2) is 55.1 Å². The Labute approximate surface area is 135 Å². The van der Waals surface area contributed by atoms with Gasteiger partial charge in [0.15, 0.2) is 0 Å². The van der Waals surface area contributed by atoms with Crippen molar-refractivity contribution in [3.8, 4) is 17.6 Å². The van der Waals surface area contributed by atoms with E-state index in [1.165, 1.54) is 5.56 Å². The second kappa shape index (κ2) is 6.37. The Balaban J connectivity index is 1.90. The Kier molecular flexibility index (Phi) is 4.11. The van der Waals surface area contributed by atoms with Gasteiger partial charge >= 0.3 is 0 Å². The summed E-state index contributed by atoms with van der Waals surface area (Å²) >= 11 is 0. The molecule has 0 N–H and O–H groups in total. The van der Waals surface area contributed by atoms with E-state index in [4.69, 9.17) is 4.74 Å². The summed E-state index contributed by atoms with van der Waals surface area (Å²) in [5.74, 6) is 1.32. The summed E-state index contributed by atoms with van der Waals surface area (Å²) in [6.45, 7) is 4.80. The summed E-state index contributed by atoms with van der Waals surface area (Å²) in [6, 6.07) is 13.8. The van der Waals surface area contributed by atoms with Crippen LogP contribution in [0.1, 0.15) is 22.3 Å². The van der Waals surface area contributed by atoms with Crippen LogP contribution in [0.4, 0.5) is 0 Å². The molecule has 1 aromatic heterocycles. The fourth-order valence-corrected chi connectivity index (χ4v) is 2.34. The third-order valence-electron chi connectivity index (χ3n) is 3.80. The van der Waals surface area contributed by atoms with Gasteiger partial charge in [-0.3, -0.25) is 0 Å². The molecule has 0 aliphatic rings. The zero-order valence-electron chi connectivity index (χ0n) is 13.2. The lowest BCUT2D eigenvalue weighted by Gasteiger charge is -2.11. The molecule has 0 atom stereocenters. The minimum absolute atomic E-state index is 0.526. The Morgan fingerprint density at radius 2 is 2.00 bits per heavy atom. The SMILES string of the molecule is Cc1ccc(Oc2cc(Cn3ccnc3)ccc2C#N)cc1C. The monoisotopic (exact) mass is 303 g/mol. The van der Waals surface area contributed by atoms with Crippen LogP contribution in [0.2, 0.25) is 0 Å². The third kappa shape index (κ3) is 3.41. The molecule has 4 nitrogen and oxygen atoms in total. The molecule has 114 valence electrons. The lowest BCUT2D eigenvalue weighted by atomic mass is 10.1. The van der Waals surface area contributed by atoms with Gasteiger partial charge in [-0.15, -0.1) is 0 Å². The van der Waals surface area contributed by atoms with E-state index in [1.54, 1.807) is 18.6 Å². The molecule has 0 unspecified atom stereocenters. The molecule has 0 fully saturated rings. The number of aryl methyl sites for hydroxylation is 2. The molecule has 0 radical (unpaired) electrons. The number of imidazole rings is 1. The molecule has 4 heteroatoms. The number of ether oxygens (including phenoxy) is 1. The van der Waals surface area contributed by atoms with Crippen molar-refractivity contribution in [3.63, 3.8) is 0 Å². The third-order valence-corrected chi connectivity index (χ3v) is 3.80. The van der Waals surface area contributed by atoms with Crippen molar-refractivity contribution in [1.29, 1.82) is 5.26 Å². The smallest absolute Gasteiger partial charge is 0.145 e. The van der Waals surface area contributed by atoms with Gasteiger partial charge in [-0.2, -0.15) is 5.26 Å². The quantitative estimate of drug-likeness (QED) is 0.725. The highest BCUT2D eigenvalue weighted by molar-refractivity contribution is 5.48.